The number of para-hydroxylation sites is 1. The predicted molar refractivity (Wildman–Crippen MR) is 95.4 cm³/mol. The highest BCUT2D eigenvalue weighted by Gasteiger charge is 2.18. The van der Waals surface area contributed by atoms with Crippen LogP contribution in [0.15, 0.2) is 24.3 Å². The number of nitrogens with zero attached hydrogens (tertiary/aromatic N) is 2. The average Bonchev–Trinajstić information content (AvgIpc) is 2.77. The van der Waals surface area contributed by atoms with Crippen molar-refractivity contribution in [1.29, 1.82) is 0 Å². The number of nitrogens with one attached hydrogen (secondary N) is 1. The van der Waals surface area contributed by atoms with Crippen molar-refractivity contribution in [1.82, 2.24) is 15.2 Å². The van der Waals surface area contributed by atoms with Crippen molar-refractivity contribution < 1.29 is 9.53 Å². The molecule has 1 N–H and O–H groups in total. The number of aromatic nitrogens is 1. The van der Waals surface area contributed by atoms with Gasteiger partial charge in [0.25, 0.3) is 5.91 Å². The Morgan fingerprint density at radius 3 is 3.08 bits per heavy atom. The molecule has 0 aliphatic carbocycles. The Hall–Kier alpha value is -1.98. The number of hydrogen-bond acceptors (Lipinski definition) is 4. The quantitative estimate of drug-likeness (QED) is 0.939. The summed E-state index contributed by atoms with van der Waals surface area (Å²) < 4.78 is 5.60. The molecule has 1 atom stereocenters. The molecule has 2 aromatic rings. The lowest BCUT2D eigenvalue weighted by Gasteiger charge is -2.19. The summed E-state index contributed by atoms with van der Waals surface area (Å²) in [4.78, 5) is 19.5. The minimum absolute atomic E-state index is 0.0599. The van der Waals surface area contributed by atoms with E-state index in [1.807, 2.05) is 38.1 Å². The van der Waals surface area contributed by atoms with Gasteiger partial charge in [-0.15, -0.1) is 0 Å². The molecule has 1 fully saturated rings. The lowest BCUT2D eigenvalue weighted by molar-refractivity contribution is 0.0920. The van der Waals surface area contributed by atoms with Gasteiger partial charge in [0.1, 0.15) is 0 Å². The predicted octanol–water partition coefficient (Wildman–Crippen LogP) is 2.16. The number of aryl methyl sites for hydroxylation is 2. The maximum absolute atomic E-state index is 12.6. The molecule has 1 aromatic carbocycles. The number of benzene rings is 1. The lowest BCUT2D eigenvalue weighted by Crippen LogP contribution is -2.36. The number of hydrogen-bond donors (Lipinski definition) is 1. The first-order valence-corrected chi connectivity index (χ1v) is 8.46. The largest absolute Gasteiger partial charge is 0.380 e. The van der Waals surface area contributed by atoms with E-state index >= 15 is 0 Å². The van der Waals surface area contributed by atoms with Crippen LogP contribution < -0.4 is 5.32 Å². The van der Waals surface area contributed by atoms with Gasteiger partial charge in [-0.25, -0.2) is 0 Å². The van der Waals surface area contributed by atoms with Crippen LogP contribution in [0.25, 0.3) is 10.9 Å². The minimum Gasteiger partial charge on any atom is -0.380 e. The molecule has 0 spiro atoms. The van der Waals surface area contributed by atoms with Crippen LogP contribution in [0, 0.1) is 19.8 Å². The van der Waals surface area contributed by atoms with Gasteiger partial charge >= 0.3 is 0 Å². The number of rotatable bonds is 3. The van der Waals surface area contributed by atoms with E-state index in [9.17, 15) is 4.79 Å². The highest BCUT2D eigenvalue weighted by atomic mass is 16.5. The van der Waals surface area contributed by atoms with Gasteiger partial charge in [0.2, 0.25) is 0 Å². The second kappa shape index (κ2) is 7.28. The van der Waals surface area contributed by atoms with Crippen LogP contribution in [0.4, 0.5) is 0 Å². The summed E-state index contributed by atoms with van der Waals surface area (Å²) in [7, 11) is 2.09. The van der Waals surface area contributed by atoms with Crippen molar-refractivity contribution in [3.63, 3.8) is 0 Å². The molecule has 128 valence electrons. The molecule has 1 amide bonds. The molecule has 5 nitrogen and oxygen atoms in total. The molecule has 1 aliphatic heterocycles. The van der Waals surface area contributed by atoms with Crippen molar-refractivity contribution in [3.05, 3.63) is 41.1 Å². The van der Waals surface area contributed by atoms with Crippen LogP contribution in [0.2, 0.25) is 0 Å². The third-order valence-electron chi connectivity index (χ3n) is 4.57. The summed E-state index contributed by atoms with van der Waals surface area (Å²) in [5.41, 5.74) is 3.51. The molecule has 1 aliphatic rings. The van der Waals surface area contributed by atoms with Crippen LogP contribution in [0.5, 0.6) is 0 Å². The Kier molecular flexibility index (Phi) is 5.11. The number of amides is 1. The summed E-state index contributed by atoms with van der Waals surface area (Å²) in [6.07, 6.45) is 0. The molecule has 2 heterocycles. The Balaban J connectivity index is 1.73. The van der Waals surface area contributed by atoms with Crippen molar-refractivity contribution in [2.24, 2.45) is 5.92 Å². The summed E-state index contributed by atoms with van der Waals surface area (Å²) in [5, 5.41) is 4.05. The molecule has 1 saturated heterocycles. The molecule has 24 heavy (non-hydrogen) atoms. The standard InChI is InChI=1S/C19H25N3O2/c1-13-5-4-6-16-9-17(14(2)21-18(13)16)19(23)20-10-15-11-22(3)7-8-24-12-15/h4-6,9,15H,7-8,10-12H2,1-3H3,(H,20,23)/t15-/m1/s1. The van der Waals surface area contributed by atoms with E-state index in [2.05, 4.69) is 22.2 Å². The number of carbonyl (C=O) groups is 1. The third kappa shape index (κ3) is 3.74. The number of pyridine rings is 1. The van der Waals surface area contributed by atoms with Gasteiger partial charge in [0.05, 0.1) is 30.0 Å². The first-order valence-electron chi connectivity index (χ1n) is 8.46. The molecule has 0 bridgehead atoms. The average molecular weight is 327 g/mol. The van der Waals surface area contributed by atoms with Crippen LogP contribution in [0.3, 0.4) is 0 Å². The SMILES string of the molecule is Cc1nc2c(C)cccc2cc1C(=O)NC[C@H]1COCCN(C)C1. The van der Waals surface area contributed by atoms with Crippen molar-refractivity contribution in [3.8, 4) is 0 Å². The van der Waals surface area contributed by atoms with E-state index in [0.717, 1.165) is 41.9 Å². The summed E-state index contributed by atoms with van der Waals surface area (Å²) in [6, 6.07) is 7.97. The Morgan fingerprint density at radius 2 is 2.25 bits per heavy atom. The molecule has 0 radical (unpaired) electrons. The molecule has 0 saturated carbocycles. The van der Waals surface area contributed by atoms with Crippen LogP contribution in [-0.2, 0) is 4.74 Å². The van der Waals surface area contributed by atoms with Gasteiger partial charge in [-0.3, -0.25) is 9.78 Å². The second-order valence-corrected chi connectivity index (χ2v) is 6.68. The molecular formula is C19H25N3O2. The maximum Gasteiger partial charge on any atom is 0.253 e. The minimum atomic E-state index is -0.0599. The lowest BCUT2D eigenvalue weighted by atomic mass is 10.1. The molecule has 3 rings (SSSR count). The normalized spacial score (nSPS) is 19.2. The highest BCUT2D eigenvalue weighted by molar-refractivity contribution is 5.99. The Morgan fingerprint density at radius 1 is 1.42 bits per heavy atom. The molecule has 0 unspecified atom stereocenters. The smallest absolute Gasteiger partial charge is 0.253 e. The van der Waals surface area contributed by atoms with Crippen molar-refractivity contribution in [2.45, 2.75) is 13.8 Å². The van der Waals surface area contributed by atoms with Crippen LogP contribution in [-0.4, -0.2) is 55.7 Å². The fraction of sp³-hybridized carbons (Fsp3) is 0.474. The summed E-state index contributed by atoms with van der Waals surface area (Å²) >= 11 is 0. The van der Waals surface area contributed by atoms with E-state index in [1.165, 1.54) is 0 Å². The Labute approximate surface area is 143 Å². The number of carbonyl (C=O) groups excluding carboxylic acids is 1. The molecular weight excluding hydrogens is 302 g/mol. The fourth-order valence-electron chi connectivity index (χ4n) is 3.18. The highest BCUT2D eigenvalue weighted by Crippen LogP contribution is 2.19. The van der Waals surface area contributed by atoms with Crippen LogP contribution >= 0.6 is 0 Å². The monoisotopic (exact) mass is 327 g/mol. The first-order chi connectivity index (χ1) is 11.5. The zero-order valence-electron chi connectivity index (χ0n) is 14.6. The zero-order chi connectivity index (χ0) is 17.1. The van der Waals surface area contributed by atoms with Crippen molar-refractivity contribution >= 4 is 16.8 Å². The summed E-state index contributed by atoms with van der Waals surface area (Å²) in [6.45, 7) is 7.88. The van der Waals surface area contributed by atoms with Gasteiger partial charge in [-0.1, -0.05) is 18.2 Å². The number of likely N-dealkylation sites (N-methyl/N-ethyl adjacent to an activating group) is 1. The topological polar surface area (TPSA) is 54.5 Å². The van der Waals surface area contributed by atoms with E-state index in [-0.39, 0.29) is 5.91 Å². The van der Waals surface area contributed by atoms with Gasteiger partial charge in [0.15, 0.2) is 0 Å². The van der Waals surface area contributed by atoms with Gasteiger partial charge in [-0.2, -0.15) is 0 Å². The van der Waals surface area contributed by atoms with E-state index in [1.54, 1.807) is 0 Å². The molecule has 5 heteroatoms. The van der Waals surface area contributed by atoms with Gasteiger partial charge in [0, 0.05) is 30.9 Å². The second-order valence-electron chi connectivity index (χ2n) is 6.68. The van der Waals surface area contributed by atoms with E-state index in [4.69, 9.17) is 4.74 Å². The molecule has 1 aromatic heterocycles. The van der Waals surface area contributed by atoms with Gasteiger partial charge < -0.3 is 15.0 Å². The number of ether oxygens (including phenoxy) is 1. The first kappa shape index (κ1) is 16.9. The van der Waals surface area contributed by atoms with E-state index < -0.39 is 0 Å². The van der Waals surface area contributed by atoms with Crippen molar-refractivity contribution in [2.75, 3.05) is 39.9 Å². The Bertz CT molecular complexity index is 745. The van der Waals surface area contributed by atoms with Crippen LogP contribution in [0.1, 0.15) is 21.6 Å². The zero-order valence-corrected chi connectivity index (χ0v) is 14.6. The maximum atomic E-state index is 12.6. The van der Waals surface area contributed by atoms with E-state index in [0.29, 0.717) is 24.6 Å². The third-order valence-corrected chi connectivity index (χ3v) is 4.57. The summed E-state index contributed by atoms with van der Waals surface area (Å²) in [5.74, 6) is 0.257. The number of fused-ring (bicyclic) bond motifs is 1. The fourth-order valence-corrected chi connectivity index (χ4v) is 3.18. The van der Waals surface area contributed by atoms with Gasteiger partial charge in [-0.05, 0) is 32.5 Å².